The van der Waals surface area contributed by atoms with Crippen LogP contribution in [0.5, 0.6) is 11.5 Å². The molecule has 2 saturated heterocycles. The third-order valence-corrected chi connectivity index (χ3v) is 32.9. The summed E-state index contributed by atoms with van der Waals surface area (Å²) < 4.78 is 141. The first kappa shape index (κ1) is 76.5. The lowest BCUT2D eigenvalue weighted by molar-refractivity contribution is -0.130. The van der Waals surface area contributed by atoms with Gasteiger partial charge >= 0.3 is 0 Å². The molecule has 6 aliphatic carbocycles. The predicted octanol–water partition coefficient (Wildman–Crippen LogP) is 10.7. The van der Waals surface area contributed by atoms with E-state index in [0.29, 0.717) is 119 Å². The van der Waals surface area contributed by atoms with Crippen molar-refractivity contribution in [2.24, 2.45) is 47.3 Å². The smallest absolute Gasteiger partial charge is 0.264 e. The number of benzene rings is 4. The summed E-state index contributed by atoms with van der Waals surface area (Å²) in [4.78, 5) is 50.1. The summed E-state index contributed by atoms with van der Waals surface area (Å²) in [5.41, 5.74) is 6.41. The average molecular weight is 1570 g/mol. The fraction of sp³-hybridized carbons (Fsp3) is 0.613. The van der Waals surface area contributed by atoms with Crippen molar-refractivity contribution in [2.75, 3.05) is 126 Å². The summed E-state index contributed by atoms with van der Waals surface area (Å²) in [6.45, 7) is 18.5. The first-order valence-electron chi connectivity index (χ1n) is 38.7. The van der Waals surface area contributed by atoms with Gasteiger partial charge in [-0.1, -0.05) is 61.3 Å². The fourth-order valence-electron chi connectivity index (χ4n) is 19.4. The van der Waals surface area contributed by atoms with E-state index in [9.17, 15) is 39.6 Å². The van der Waals surface area contributed by atoms with Crippen LogP contribution in [0, 0.1) is 59.0 Å². The van der Waals surface area contributed by atoms with Gasteiger partial charge in [-0.3, -0.25) is 24.2 Å². The number of sulfonamides is 2. The zero-order chi connectivity index (χ0) is 75.2. The minimum Gasteiger partial charge on any atom is -0.490 e. The number of hydrogen-bond acceptors (Lipinski definition) is 17. The van der Waals surface area contributed by atoms with Crippen molar-refractivity contribution in [1.82, 2.24) is 24.1 Å². The second-order valence-corrected chi connectivity index (χ2v) is 40.2. The van der Waals surface area contributed by atoms with Gasteiger partial charge in [-0.15, -0.1) is 0 Å². The first-order chi connectivity index (χ1) is 51.1. The van der Waals surface area contributed by atoms with Gasteiger partial charge in [-0.05, 0) is 220 Å². The van der Waals surface area contributed by atoms with E-state index in [0.717, 1.165) is 114 Å². The highest BCUT2D eigenvalue weighted by atomic mass is 35.5. The molecule has 107 heavy (non-hydrogen) atoms. The van der Waals surface area contributed by atoms with Crippen LogP contribution in [0.15, 0.2) is 84.0 Å². The Morgan fingerprint density at radius 3 is 1.41 bits per heavy atom. The lowest BCUT2D eigenvalue weighted by atomic mass is 9.64. The monoisotopic (exact) mass is 1570 g/mol. The number of fused-ring (bicyclic) bond motifs is 12. The molecule has 3 amide bonds. The predicted molar refractivity (Wildman–Crippen MR) is 408 cm³/mol. The molecule has 580 valence electrons. The number of halogens is 4. The number of rotatable bonds is 8. The van der Waals surface area contributed by atoms with Gasteiger partial charge in [0, 0.05) is 107 Å². The summed E-state index contributed by atoms with van der Waals surface area (Å²) in [5, 5.41) is -1.37. The van der Waals surface area contributed by atoms with E-state index < -0.39 is 63.0 Å². The molecule has 2 saturated carbocycles. The SMILES string of the molecule is CC(=O)N1CCN(CCO[C@H]2C3=C[C@@H](C3)[C@H](C)[C@@H](C)S(=O)(=O)NC(=O)c3ccc4c(c3)N(C[C@@H]3CC[C@H]32)C[C@@]2(CCCc3c2ccc(Cl)c3F)CO4)CC1.C[C@@H]1[C@@H](C)S(=O)(=O)NC(=O)c2ccc3c(c2)N(C[C@@H]2CC[C@H]2[C@@H](OCCN2CCS(=O)(=O)CC2)C2=C[C@H]1C2)C[C@@]1(CCCc2c1ccc(Cl)c2F)CO3. The Morgan fingerprint density at radius 2 is 1.01 bits per heavy atom. The maximum absolute atomic E-state index is 15.5. The van der Waals surface area contributed by atoms with Crippen LogP contribution in [0.4, 0.5) is 20.2 Å². The molecule has 0 aromatic heterocycles. The van der Waals surface area contributed by atoms with Gasteiger partial charge in [-0.2, -0.15) is 0 Å². The molecule has 14 atom stereocenters. The molecule has 20 nitrogen and oxygen atoms in total. The van der Waals surface area contributed by atoms with Crippen molar-refractivity contribution in [2.45, 2.75) is 145 Å². The van der Waals surface area contributed by atoms with Crippen LogP contribution in [-0.2, 0) is 67.8 Å². The van der Waals surface area contributed by atoms with Gasteiger partial charge in [0.1, 0.15) is 23.1 Å². The Hall–Kier alpha value is -5.90. The molecule has 8 aliphatic heterocycles. The number of hydrogen-bond donors (Lipinski definition) is 2. The van der Waals surface area contributed by atoms with Gasteiger partial charge in [0.15, 0.2) is 9.84 Å². The number of nitrogens with one attached hydrogen (secondary N) is 2. The Balaban J connectivity index is 0.000000171. The van der Waals surface area contributed by atoms with Crippen molar-refractivity contribution in [3.05, 3.63) is 139 Å². The van der Waals surface area contributed by atoms with Crippen molar-refractivity contribution < 1.29 is 67.4 Å². The van der Waals surface area contributed by atoms with Gasteiger partial charge < -0.3 is 33.6 Å². The van der Waals surface area contributed by atoms with Crippen molar-refractivity contribution >= 4 is 82.2 Å². The Morgan fingerprint density at radius 1 is 0.589 bits per heavy atom. The molecule has 14 aliphatic rings. The minimum absolute atomic E-state index is 0.0327. The molecule has 8 heterocycles. The van der Waals surface area contributed by atoms with E-state index in [1.165, 1.54) is 11.1 Å². The highest BCUT2D eigenvalue weighted by Gasteiger charge is 2.51. The van der Waals surface area contributed by atoms with Gasteiger partial charge in [0.25, 0.3) is 11.8 Å². The summed E-state index contributed by atoms with van der Waals surface area (Å²) in [7, 11) is -11.0. The van der Waals surface area contributed by atoms with Crippen molar-refractivity contribution in [3.63, 3.8) is 0 Å². The second-order valence-electron chi connectivity index (χ2n) is 33.0. The number of allylic oxidation sites excluding steroid dienone is 2. The maximum atomic E-state index is 15.5. The number of carbonyl (C=O) groups excluding carboxylic acids is 3. The van der Waals surface area contributed by atoms with Gasteiger partial charge in [-0.25, -0.2) is 43.5 Å². The largest absolute Gasteiger partial charge is 0.490 e. The maximum Gasteiger partial charge on any atom is 0.264 e. The van der Waals surface area contributed by atoms with Gasteiger partial charge in [0.2, 0.25) is 26.0 Å². The van der Waals surface area contributed by atoms with Crippen LogP contribution in [0.3, 0.4) is 0 Å². The lowest BCUT2D eigenvalue weighted by Crippen LogP contribution is -2.51. The van der Waals surface area contributed by atoms with Crippen LogP contribution < -0.4 is 28.7 Å². The van der Waals surface area contributed by atoms with Gasteiger partial charge in [0.05, 0.1) is 82.1 Å². The highest BCUT2D eigenvalue weighted by Crippen LogP contribution is 2.53. The van der Waals surface area contributed by atoms with Crippen LogP contribution in [0.2, 0.25) is 10.0 Å². The summed E-state index contributed by atoms with van der Waals surface area (Å²) in [6.07, 6.45) is 14.1. The van der Waals surface area contributed by atoms with E-state index in [1.54, 1.807) is 69.3 Å². The lowest BCUT2D eigenvalue weighted by Gasteiger charge is -2.48. The molecular weight excluding hydrogens is 1470 g/mol. The van der Waals surface area contributed by atoms with Crippen LogP contribution in [0.1, 0.15) is 142 Å². The van der Waals surface area contributed by atoms with Crippen molar-refractivity contribution in [3.8, 4) is 11.5 Å². The molecular formula is C80H101Cl2F2N7O13S3. The number of amides is 3. The zero-order valence-corrected chi connectivity index (χ0v) is 65.8. The molecule has 2 N–H and O–H groups in total. The standard InChI is InChI=1S/C41H52ClFN4O6S.C39H49ClFN3O7S2/c1-25-26(2)54(50,51)44-40(49)28-7-11-37-36(21-28)47(23-41(24-53-37)12-4-5-33-34(41)9-10-35(42)38(33)43)22-29-6-8-32(29)39(31-19-30(25)20-31)52-18-17-45-13-15-46(16-14-45)27(3)48;1-24-25(2)53(48,49)42-38(45)26-6-10-35-34(20-26)44(22-39(23-51-35)11-3-4-31-32(39)8-9-33(40)36(31)41)21-27-5-7-30(27)37(29-18-28(24)19-29)50-15-12-43-13-16-52(46,47)17-14-43/h7,9-11,19,21,25-26,29-30,32,39H,4-6,8,12-18,20,22-24H2,1-3H3,(H,44,49);6,8-10,18,20,24-25,27-28,30,37H,3-5,7,11-17,19,21-23H2,1-2H3,(H,42,45)/t25-,26-,29+,30+,32-,39+,41+;24-,25-,27+,28+,30-,37+,39+/m11/s1. The molecule has 0 unspecified atom stereocenters. The molecule has 18 rings (SSSR count). The fourth-order valence-corrected chi connectivity index (χ4v) is 23.7. The number of ether oxygens (including phenoxy) is 4. The molecule has 2 spiro atoms. The minimum atomic E-state index is -4.01. The molecule has 8 bridgehead atoms. The Kier molecular flexibility index (Phi) is 21.7. The normalized spacial score (nSPS) is 32.9. The Bertz CT molecular complexity index is 4550. The third kappa shape index (κ3) is 15.2. The number of anilines is 2. The second kappa shape index (κ2) is 30.3. The van der Waals surface area contributed by atoms with E-state index in [-0.39, 0.29) is 104 Å². The third-order valence-electron chi connectivity index (χ3n) is 26.9. The van der Waals surface area contributed by atoms with Crippen LogP contribution in [-0.4, -0.2) is 197 Å². The summed E-state index contributed by atoms with van der Waals surface area (Å²) >= 11 is 12.5. The van der Waals surface area contributed by atoms with Crippen molar-refractivity contribution in [1.29, 1.82) is 0 Å². The first-order valence-corrected chi connectivity index (χ1v) is 44.4. The number of nitrogens with zero attached hydrogens (tertiary/aromatic N) is 5. The van der Waals surface area contributed by atoms with E-state index in [4.69, 9.17) is 42.1 Å². The van der Waals surface area contributed by atoms with E-state index in [1.807, 2.05) is 30.9 Å². The highest BCUT2D eigenvalue weighted by molar-refractivity contribution is 7.91. The summed E-state index contributed by atoms with van der Waals surface area (Å²) in [6, 6.07) is 17.4. The molecule has 4 aromatic rings. The molecule has 27 heteroatoms. The number of carbonyl (C=O) groups is 3. The average Bonchev–Trinajstić information content (AvgIpc) is 1.78. The van der Waals surface area contributed by atoms with E-state index >= 15 is 8.78 Å². The summed E-state index contributed by atoms with van der Waals surface area (Å²) in [5.74, 6) is 0.301. The Labute approximate surface area is 639 Å². The van der Waals surface area contributed by atoms with Crippen LogP contribution >= 0.6 is 23.2 Å². The molecule has 4 fully saturated rings. The quantitative estimate of drug-likeness (QED) is 0.156. The number of piperazine rings is 1. The number of sulfone groups is 1. The van der Waals surface area contributed by atoms with E-state index in [2.05, 4.69) is 41.2 Å². The topological polar surface area (TPSA) is 231 Å². The van der Waals surface area contributed by atoms with Crippen LogP contribution in [0.25, 0.3) is 0 Å². The zero-order valence-electron chi connectivity index (χ0n) is 61.8. The molecule has 0 radical (unpaired) electrons. The molecule has 4 aromatic carbocycles.